The molecular weight excluding hydrogens is 476 g/mol. The highest BCUT2D eigenvalue weighted by atomic mass is 16.6. The molecule has 2 aliphatic heterocycles. The maximum atomic E-state index is 13.4. The van der Waals surface area contributed by atoms with E-state index in [4.69, 9.17) is 14.5 Å². The molecule has 3 aromatic rings. The molecule has 10 heteroatoms. The lowest BCUT2D eigenvalue weighted by Gasteiger charge is -2.25. The number of carbonyl (C=O) groups excluding carboxylic acids is 2. The van der Waals surface area contributed by atoms with Gasteiger partial charge in [0, 0.05) is 28.6 Å². The monoisotopic (exact) mass is 508 g/mol. The van der Waals surface area contributed by atoms with Gasteiger partial charge in [0.05, 0.1) is 35.6 Å². The van der Waals surface area contributed by atoms with E-state index < -0.39 is 18.0 Å². The number of ether oxygens (including phenoxy) is 2. The molecule has 1 N–H and O–H groups in total. The third-order valence-electron chi connectivity index (χ3n) is 6.19. The lowest BCUT2D eigenvalue weighted by molar-refractivity contribution is -0.172. The second kappa shape index (κ2) is 10.3. The van der Waals surface area contributed by atoms with Gasteiger partial charge in [-0.3, -0.25) is 14.5 Å². The minimum atomic E-state index is -1.31. The Morgan fingerprint density at radius 2 is 1.89 bits per heavy atom. The van der Waals surface area contributed by atoms with E-state index in [0.717, 1.165) is 16.5 Å². The van der Waals surface area contributed by atoms with Crippen LogP contribution in [0.1, 0.15) is 42.2 Å². The number of benzene rings is 1. The predicted molar refractivity (Wildman–Crippen MR) is 138 cm³/mol. The van der Waals surface area contributed by atoms with Crippen molar-refractivity contribution < 1.29 is 24.2 Å². The number of rotatable bonds is 5. The number of aromatic hydroxyl groups is 1. The molecule has 4 heterocycles. The standard InChI is InChI=1S/C25H26N4O6.C2H6/c1-27(2)10-16-14-7-13-9-29-19(22(13)26-18(14)5-6-20(16)30)8-15-17(24(29)32)12-34-25(33)23(15)35-21(31)11-28(3)4;1-2/h5-8,23,30H,9-12H2,1-4H3;1-2H3. The first kappa shape index (κ1) is 26.3. The number of cyclic esters (lactones) is 1. The van der Waals surface area contributed by atoms with Gasteiger partial charge in [-0.05, 0) is 52.5 Å². The third kappa shape index (κ3) is 4.82. The number of phenolic OH excluding ortho intramolecular Hbond substituents is 1. The van der Waals surface area contributed by atoms with Crippen LogP contribution < -0.4 is 5.56 Å². The van der Waals surface area contributed by atoms with Crippen LogP contribution in [0, 0.1) is 0 Å². The normalized spacial score (nSPS) is 15.6. The van der Waals surface area contributed by atoms with Crippen LogP contribution in [0.5, 0.6) is 5.75 Å². The molecule has 2 aliphatic rings. The second-order valence-corrected chi connectivity index (χ2v) is 9.43. The van der Waals surface area contributed by atoms with Gasteiger partial charge in [-0.2, -0.15) is 0 Å². The fourth-order valence-electron chi connectivity index (χ4n) is 4.65. The smallest absolute Gasteiger partial charge is 0.352 e. The van der Waals surface area contributed by atoms with Crippen LogP contribution in [0.2, 0.25) is 0 Å². The number of pyridine rings is 2. The molecule has 0 amide bonds. The van der Waals surface area contributed by atoms with Crippen molar-refractivity contribution in [3.05, 3.63) is 56.9 Å². The van der Waals surface area contributed by atoms with E-state index >= 15 is 0 Å². The minimum Gasteiger partial charge on any atom is -0.508 e. The molecule has 1 atom stereocenters. The van der Waals surface area contributed by atoms with E-state index in [1.807, 2.05) is 38.9 Å². The van der Waals surface area contributed by atoms with Crippen LogP contribution in [0.15, 0.2) is 29.1 Å². The van der Waals surface area contributed by atoms with Crippen molar-refractivity contribution in [2.24, 2.45) is 0 Å². The Bertz CT molecular complexity index is 1440. The molecule has 0 fully saturated rings. The van der Waals surface area contributed by atoms with Crippen LogP contribution in [-0.4, -0.2) is 71.1 Å². The van der Waals surface area contributed by atoms with Crippen molar-refractivity contribution in [3.8, 4) is 17.1 Å². The van der Waals surface area contributed by atoms with Crippen LogP contribution in [0.3, 0.4) is 0 Å². The molecule has 1 unspecified atom stereocenters. The van der Waals surface area contributed by atoms with Crippen molar-refractivity contribution in [1.29, 1.82) is 0 Å². The van der Waals surface area contributed by atoms with E-state index in [9.17, 15) is 19.5 Å². The average Bonchev–Trinajstić information content (AvgIpc) is 3.20. The number of fused-ring (bicyclic) bond motifs is 5. The quantitative estimate of drug-likeness (QED) is 0.406. The highest BCUT2D eigenvalue weighted by molar-refractivity contribution is 5.89. The van der Waals surface area contributed by atoms with Crippen LogP contribution in [0.4, 0.5) is 0 Å². The zero-order valence-corrected chi connectivity index (χ0v) is 22.0. The summed E-state index contributed by atoms with van der Waals surface area (Å²) < 4.78 is 12.2. The summed E-state index contributed by atoms with van der Waals surface area (Å²) in [5.74, 6) is -1.11. The average molecular weight is 509 g/mol. The fourth-order valence-corrected chi connectivity index (χ4v) is 4.65. The lowest BCUT2D eigenvalue weighted by Crippen LogP contribution is -2.35. The second-order valence-electron chi connectivity index (χ2n) is 9.43. The molecule has 37 heavy (non-hydrogen) atoms. The van der Waals surface area contributed by atoms with Gasteiger partial charge in [-0.15, -0.1) is 0 Å². The van der Waals surface area contributed by atoms with E-state index in [1.54, 1.807) is 41.8 Å². The van der Waals surface area contributed by atoms with Crippen LogP contribution in [0.25, 0.3) is 22.3 Å². The summed E-state index contributed by atoms with van der Waals surface area (Å²) in [6.07, 6.45) is -1.31. The Balaban J connectivity index is 0.00000156. The SMILES string of the molecule is CC.CN(C)CC(=O)OC1C(=O)OCc2c1cc1n(c2=O)Cc2cc3c(CN(C)C)c(O)ccc3nc2-1. The maximum absolute atomic E-state index is 13.4. The Kier molecular flexibility index (Phi) is 7.33. The van der Waals surface area contributed by atoms with Crippen molar-refractivity contribution in [2.45, 2.75) is 39.6 Å². The lowest BCUT2D eigenvalue weighted by atomic mass is 9.99. The van der Waals surface area contributed by atoms with Gasteiger partial charge in [0.1, 0.15) is 12.4 Å². The summed E-state index contributed by atoms with van der Waals surface area (Å²) in [6.45, 7) is 4.64. The van der Waals surface area contributed by atoms with E-state index in [2.05, 4.69) is 0 Å². The van der Waals surface area contributed by atoms with E-state index in [-0.39, 0.29) is 24.5 Å². The van der Waals surface area contributed by atoms with Gasteiger partial charge >= 0.3 is 11.9 Å². The van der Waals surface area contributed by atoms with Crippen molar-refractivity contribution in [3.63, 3.8) is 0 Å². The number of esters is 2. The first-order chi connectivity index (χ1) is 17.6. The molecule has 10 nitrogen and oxygen atoms in total. The Labute approximate surface area is 215 Å². The predicted octanol–water partition coefficient (Wildman–Crippen LogP) is 2.42. The zero-order valence-electron chi connectivity index (χ0n) is 22.0. The number of nitrogens with zero attached hydrogens (tertiary/aromatic N) is 4. The Morgan fingerprint density at radius 1 is 1.16 bits per heavy atom. The van der Waals surface area contributed by atoms with Crippen molar-refractivity contribution in [2.75, 3.05) is 34.7 Å². The van der Waals surface area contributed by atoms with E-state index in [1.165, 1.54) is 0 Å². The number of likely N-dealkylation sites (N-methyl/N-ethyl adjacent to an activating group) is 1. The van der Waals surface area contributed by atoms with Crippen molar-refractivity contribution in [1.82, 2.24) is 19.4 Å². The summed E-state index contributed by atoms with van der Waals surface area (Å²) in [6, 6.07) is 7.02. The third-order valence-corrected chi connectivity index (χ3v) is 6.19. The topological polar surface area (TPSA) is 114 Å². The Hall–Kier alpha value is -3.76. The zero-order chi connectivity index (χ0) is 27.0. The molecular formula is C27H32N4O6. The highest BCUT2D eigenvalue weighted by Gasteiger charge is 2.37. The van der Waals surface area contributed by atoms with Crippen LogP contribution >= 0.6 is 0 Å². The first-order valence-corrected chi connectivity index (χ1v) is 12.2. The van der Waals surface area contributed by atoms with E-state index in [0.29, 0.717) is 41.1 Å². The molecule has 0 saturated carbocycles. The highest BCUT2D eigenvalue weighted by Crippen LogP contribution is 2.38. The molecule has 5 rings (SSSR count). The number of carbonyl (C=O) groups is 2. The molecule has 0 radical (unpaired) electrons. The molecule has 196 valence electrons. The largest absolute Gasteiger partial charge is 0.508 e. The molecule has 0 aliphatic carbocycles. The molecule has 2 aromatic heterocycles. The number of hydrogen-bond donors (Lipinski definition) is 1. The van der Waals surface area contributed by atoms with Gasteiger partial charge in [0.2, 0.25) is 6.10 Å². The molecule has 0 spiro atoms. The maximum Gasteiger partial charge on any atom is 0.352 e. The number of phenols is 1. The number of hydrogen-bond acceptors (Lipinski definition) is 9. The summed E-state index contributed by atoms with van der Waals surface area (Å²) in [7, 11) is 7.27. The summed E-state index contributed by atoms with van der Waals surface area (Å²) >= 11 is 0. The van der Waals surface area contributed by atoms with Gasteiger partial charge in [-0.25, -0.2) is 9.78 Å². The van der Waals surface area contributed by atoms with Crippen LogP contribution in [-0.2, 0) is 38.8 Å². The summed E-state index contributed by atoms with van der Waals surface area (Å²) in [4.78, 5) is 46.6. The molecule has 0 saturated heterocycles. The van der Waals surface area contributed by atoms with Gasteiger partial charge in [0.15, 0.2) is 0 Å². The van der Waals surface area contributed by atoms with Gasteiger partial charge < -0.3 is 24.0 Å². The fraction of sp³-hybridized carbons (Fsp3) is 0.407. The van der Waals surface area contributed by atoms with Gasteiger partial charge in [0.25, 0.3) is 5.56 Å². The molecule has 0 bridgehead atoms. The Morgan fingerprint density at radius 3 is 2.57 bits per heavy atom. The minimum absolute atomic E-state index is 0.0124. The molecule has 1 aromatic carbocycles. The summed E-state index contributed by atoms with van der Waals surface area (Å²) in [5, 5.41) is 11.3. The van der Waals surface area contributed by atoms with Gasteiger partial charge in [-0.1, -0.05) is 13.8 Å². The number of aromatic nitrogens is 2. The first-order valence-electron chi connectivity index (χ1n) is 12.2. The van der Waals surface area contributed by atoms with Crippen molar-refractivity contribution >= 4 is 22.8 Å². The summed E-state index contributed by atoms with van der Waals surface area (Å²) in [5.41, 5.74) is 3.76.